The van der Waals surface area contributed by atoms with Gasteiger partial charge in [-0.3, -0.25) is 9.59 Å². The summed E-state index contributed by atoms with van der Waals surface area (Å²) in [5.74, 6) is -2.56. The zero-order chi connectivity index (χ0) is 21.7. The van der Waals surface area contributed by atoms with Crippen molar-refractivity contribution in [3.63, 3.8) is 0 Å². The number of benzene rings is 2. The molecular weight excluding hydrogens is 398 g/mol. The monoisotopic (exact) mass is 418 g/mol. The number of halogens is 2. The van der Waals surface area contributed by atoms with Crippen molar-refractivity contribution in [2.75, 3.05) is 13.2 Å². The van der Waals surface area contributed by atoms with Crippen LogP contribution in [0.1, 0.15) is 23.5 Å². The lowest BCUT2D eigenvalue weighted by Crippen LogP contribution is -2.46. The Morgan fingerprint density at radius 3 is 2.10 bits per heavy atom. The van der Waals surface area contributed by atoms with E-state index in [0.29, 0.717) is 0 Å². The third-order valence-electron chi connectivity index (χ3n) is 4.78. The van der Waals surface area contributed by atoms with Crippen molar-refractivity contribution in [2.24, 2.45) is 0 Å². The van der Waals surface area contributed by atoms with Crippen LogP contribution in [0.2, 0.25) is 0 Å². The van der Waals surface area contributed by atoms with E-state index in [1.807, 2.05) is 53.8 Å². The zero-order valence-corrected chi connectivity index (χ0v) is 15.8. The van der Waals surface area contributed by atoms with E-state index in [1.165, 1.54) is 0 Å². The minimum absolute atomic E-state index is 0.0418. The largest absolute Gasteiger partial charge is 0.481 e. The Morgan fingerprint density at radius 2 is 1.57 bits per heavy atom. The molecule has 0 saturated carbocycles. The molecule has 0 aromatic heterocycles. The minimum atomic E-state index is -3.04. The van der Waals surface area contributed by atoms with Crippen molar-refractivity contribution in [1.29, 1.82) is 0 Å². The van der Waals surface area contributed by atoms with Gasteiger partial charge in [-0.25, -0.2) is 13.6 Å². The van der Waals surface area contributed by atoms with Crippen molar-refractivity contribution in [3.05, 3.63) is 59.7 Å². The highest BCUT2D eigenvalue weighted by molar-refractivity contribution is 5.83. The lowest BCUT2D eigenvalue weighted by Gasteiger charge is -2.17. The molecule has 1 atom stereocenters. The molecule has 0 bridgehead atoms. The first-order chi connectivity index (χ1) is 14.4. The van der Waals surface area contributed by atoms with Gasteiger partial charge in [0, 0.05) is 5.92 Å². The maximum absolute atomic E-state index is 12.8. The van der Waals surface area contributed by atoms with Crippen LogP contribution in [0.4, 0.5) is 13.6 Å². The number of carboxylic acids is 1. The van der Waals surface area contributed by atoms with Gasteiger partial charge in [0.2, 0.25) is 5.91 Å². The third kappa shape index (κ3) is 4.91. The van der Waals surface area contributed by atoms with E-state index in [4.69, 9.17) is 9.84 Å². The SMILES string of the molecule is O=C(O)CC(NC(=O)CNC(=O)OCC1c2ccccc2-c2ccccc21)C(F)F. The summed E-state index contributed by atoms with van der Waals surface area (Å²) in [4.78, 5) is 34.3. The molecule has 158 valence electrons. The van der Waals surface area contributed by atoms with Crippen LogP contribution >= 0.6 is 0 Å². The molecule has 1 aliphatic carbocycles. The second-order valence-electron chi connectivity index (χ2n) is 6.79. The van der Waals surface area contributed by atoms with E-state index in [2.05, 4.69) is 5.32 Å². The number of hydrogen-bond donors (Lipinski definition) is 3. The van der Waals surface area contributed by atoms with Gasteiger partial charge in [-0.1, -0.05) is 48.5 Å². The van der Waals surface area contributed by atoms with E-state index >= 15 is 0 Å². The van der Waals surface area contributed by atoms with E-state index in [-0.39, 0.29) is 12.5 Å². The summed E-state index contributed by atoms with van der Waals surface area (Å²) in [7, 11) is 0. The first kappa shape index (κ1) is 21.2. The minimum Gasteiger partial charge on any atom is -0.481 e. The molecule has 2 aromatic rings. The molecule has 0 radical (unpaired) electrons. The highest BCUT2D eigenvalue weighted by Crippen LogP contribution is 2.44. The summed E-state index contributed by atoms with van der Waals surface area (Å²) in [6.45, 7) is -0.570. The van der Waals surface area contributed by atoms with Crippen LogP contribution < -0.4 is 10.6 Å². The lowest BCUT2D eigenvalue weighted by atomic mass is 9.98. The molecule has 9 heteroatoms. The van der Waals surface area contributed by atoms with Crippen LogP contribution in [-0.2, 0) is 14.3 Å². The summed E-state index contributed by atoms with van der Waals surface area (Å²) in [6.07, 6.45) is -4.84. The molecule has 0 spiro atoms. The van der Waals surface area contributed by atoms with E-state index in [9.17, 15) is 23.2 Å². The number of fused-ring (bicyclic) bond motifs is 3. The Labute approximate surface area is 171 Å². The Balaban J connectivity index is 1.53. The number of carbonyl (C=O) groups is 3. The van der Waals surface area contributed by atoms with Gasteiger partial charge < -0.3 is 20.5 Å². The average Bonchev–Trinajstić information content (AvgIpc) is 3.04. The summed E-state index contributed by atoms with van der Waals surface area (Å²) in [5.41, 5.74) is 4.19. The van der Waals surface area contributed by atoms with Crippen molar-refractivity contribution in [3.8, 4) is 11.1 Å². The highest BCUT2D eigenvalue weighted by Gasteiger charge is 2.29. The number of hydrogen-bond acceptors (Lipinski definition) is 4. The number of alkyl carbamates (subject to hydrolysis) is 1. The van der Waals surface area contributed by atoms with Crippen molar-refractivity contribution in [1.82, 2.24) is 10.6 Å². The molecule has 1 unspecified atom stereocenters. The molecule has 7 nitrogen and oxygen atoms in total. The van der Waals surface area contributed by atoms with E-state index in [0.717, 1.165) is 22.3 Å². The average molecular weight is 418 g/mol. The topological polar surface area (TPSA) is 105 Å². The number of amides is 2. The number of alkyl halides is 2. The lowest BCUT2D eigenvalue weighted by molar-refractivity contribution is -0.139. The number of ether oxygens (including phenoxy) is 1. The highest BCUT2D eigenvalue weighted by atomic mass is 19.3. The van der Waals surface area contributed by atoms with E-state index in [1.54, 1.807) is 0 Å². The van der Waals surface area contributed by atoms with Crippen molar-refractivity contribution < 1.29 is 33.0 Å². The standard InChI is InChI=1S/C21H20F2N2O5/c22-20(23)17(9-19(27)28)25-18(26)10-24-21(29)30-11-16-14-7-3-1-5-12(14)13-6-2-4-8-15(13)16/h1-8,16-17,20H,9-11H2,(H,24,29)(H,25,26)(H,27,28). The molecule has 30 heavy (non-hydrogen) atoms. The first-order valence-electron chi connectivity index (χ1n) is 9.25. The normalized spacial score (nSPS) is 13.3. The fraction of sp³-hybridized carbons (Fsp3) is 0.286. The second-order valence-corrected chi connectivity index (χ2v) is 6.79. The molecule has 1 aliphatic rings. The van der Waals surface area contributed by atoms with Crippen LogP contribution in [0.3, 0.4) is 0 Å². The van der Waals surface area contributed by atoms with Gasteiger partial charge >= 0.3 is 12.1 Å². The fourth-order valence-electron chi connectivity index (χ4n) is 3.45. The van der Waals surface area contributed by atoms with Gasteiger partial charge in [0.25, 0.3) is 6.43 Å². The maximum Gasteiger partial charge on any atom is 0.407 e. The molecule has 0 aliphatic heterocycles. The van der Waals surface area contributed by atoms with Crippen LogP contribution in [-0.4, -0.2) is 48.7 Å². The first-order valence-corrected chi connectivity index (χ1v) is 9.25. The molecule has 3 rings (SSSR count). The van der Waals surface area contributed by atoms with E-state index < -0.39 is 43.4 Å². The Morgan fingerprint density at radius 1 is 1.00 bits per heavy atom. The van der Waals surface area contributed by atoms with Crippen LogP contribution in [0.5, 0.6) is 0 Å². The molecule has 0 heterocycles. The van der Waals surface area contributed by atoms with Crippen LogP contribution in [0, 0.1) is 0 Å². The second kappa shape index (κ2) is 9.34. The molecule has 2 aromatic carbocycles. The van der Waals surface area contributed by atoms with Crippen molar-refractivity contribution in [2.45, 2.75) is 24.8 Å². The Bertz CT molecular complexity index is 905. The van der Waals surface area contributed by atoms with Crippen LogP contribution in [0.15, 0.2) is 48.5 Å². The van der Waals surface area contributed by atoms with Crippen LogP contribution in [0.25, 0.3) is 11.1 Å². The van der Waals surface area contributed by atoms with Gasteiger partial charge in [-0.05, 0) is 22.3 Å². The predicted octanol–water partition coefficient (Wildman–Crippen LogP) is 2.75. The van der Waals surface area contributed by atoms with Crippen molar-refractivity contribution >= 4 is 18.0 Å². The summed E-state index contributed by atoms with van der Waals surface area (Å²) in [6, 6.07) is 13.7. The third-order valence-corrected chi connectivity index (χ3v) is 4.78. The molecule has 2 amide bonds. The zero-order valence-electron chi connectivity index (χ0n) is 15.8. The summed E-state index contributed by atoms with van der Waals surface area (Å²) < 4.78 is 30.8. The number of carboxylic acid groups (broad SMARTS) is 1. The smallest absolute Gasteiger partial charge is 0.407 e. The van der Waals surface area contributed by atoms with Gasteiger partial charge in [0.1, 0.15) is 19.2 Å². The number of carbonyl (C=O) groups excluding carboxylic acids is 2. The summed E-state index contributed by atoms with van der Waals surface area (Å²) >= 11 is 0. The fourth-order valence-corrected chi connectivity index (χ4v) is 3.45. The summed E-state index contributed by atoms with van der Waals surface area (Å²) in [5, 5.41) is 12.7. The maximum atomic E-state index is 12.8. The van der Waals surface area contributed by atoms with Gasteiger partial charge in [-0.15, -0.1) is 0 Å². The quantitative estimate of drug-likeness (QED) is 0.612. The number of aliphatic carboxylic acids is 1. The number of rotatable bonds is 8. The number of nitrogens with one attached hydrogen (secondary N) is 2. The Hall–Kier alpha value is -3.49. The van der Waals surface area contributed by atoms with Gasteiger partial charge in [0.05, 0.1) is 6.42 Å². The Kier molecular flexibility index (Phi) is 6.61. The molecule has 0 fully saturated rings. The molecule has 3 N–H and O–H groups in total. The van der Waals surface area contributed by atoms with Gasteiger partial charge in [-0.2, -0.15) is 0 Å². The van der Waals surface area contributed by atoms with Gasteiger partial charge in [0.15, 0.2) is 0 Å². The molecular formula is C21H20F2N2O5. The predicted molar refractivity (Wildman–Crippen MR) is 103 cm³/mol. The molecule has 0 saturated heterocycles.